The van der Waals surface area contributed by atoms with Gasteiger partial charge in [0.2, 0.25) is 0 Å². The van der Waals surface area contributed by atoms with Crippen LogP contribution in [-0.2, 0) is 0 Å². The van der Waals surface area contributed by atoms with E-state index >= 15 is 0 Å². The van der Waals surface area contributed by atoms with Gasteiger partial charge < -0.3 is 15.0 Å². The Kier molecular flexibility index (Phi) is 5.35. The monoisotopic (exact) mass is 266 g/mol. The van der Waals surface area contributed by atoms with Gasteiger partial charge in [-0.25, -0.2) is 0 Å². The summed E-state index contributed by atoms with van der Waals surface area (Å²) in [6.07, 6.45) is 0. The zero-order chi connectivity index (χ0) is 12.8. The summed E-state index contributed by atoms with van der Waals surface area (Å²) in [4.78, 5) is 3.76. The lowest BCUT2D eigenvalue weighted by Gasteiger charge is -2.32. The van der Waals surface area contributed by atoms with Crippen molar-refractivity contribution >= 4 is 11.8 Å². The maximum absolute atomic E-state index is 5.44. The molecule has 1 heterocycles. The molecule has 1 aliphatic heterocycles. The van der Waals surface area contributed by atoms with E-state index in [1.165, 1.54) is 4.90 Å². The number of hydrogen-bond donors (Lipinski definition) is 1. The normalized spacial score (nSPS) is 20.9. The zero-order valence-corrected chi connectivity index (χ0v) is 12.0. The number of hydrogen-bond acceptors (Lipinski definition) is 4. The average Bonchev–Trinajstić information content (AvgIpc) is 2.40. The van der Waals surface area contributed by atoms with Crippen LogP contribution >= 0.6 is 11.8 Å². The first-order chi connectivity index (χ1) is 8.79. The maximum atomic E-state index is 5.44. The summed E-state index contributed by atoms with van der Waals surface area (Å²) in [5, 5.41) is 3.45. The Hall–Kier alpha value is -0.710. The van der Waals surface area contributed by atoms with E-state index in [1.54, 1.807) is 0 Å². The third-order valence-electron chi connectivity index (χ3n) is 3.22. The molecular formula is C14H22N2OS. The molecule has 1 saturated heterocycles. The van der Waals surface area contributed by atoms with E-state index in [9.17, 15) is 0 Å². The second-order valence-corrected chi connectivity index (χ2v) is 5.65. The van der Waals surface area contributed by atoms with Gasteiger partial charge in [0.1, 0.15) is 5.75 Å². The summed E-state index contributed by atoms with van der Waals surface area (Å²) in [5.74, 6) is 2.09. The van der Waals surface area contributed by atoms with Crippen LogP contribution in [0.15, 0.2) is 29.2 Å². The largest absolute Gasteiger partial charge is 0.494 e. The van der Waals surface area contributed by atoms with Crippen LogP contribution < -0.4 is 10.1 Å². The van der Waals surface area contributed by atoms with Gasteiger partial charge in [-0.3, -0.25) is 0 Å². The maximum Gasteiger partial charge on any atom is 0.119 e. The topological polar surface area (TPSA) is 24.5 Å². The van der Waals surface area contributed by atoms with Gasteiger partial charge in [0.25, 0.3) is 0 Å². The van der Waals surface area contributed by atoms with E-state index in [-0.39, 0.29) is 0 Å². The van der Waals surface area contributed by atoms with Crippen LogP contribution in [0.25, 0.3) is 0 Å². The fraction of sp³-hybridized carbons (Fsp3) is 0.571. The van der Waals surface area contributed by atoms with Crippen LogP contribution in [0, 0.1) is 0 Å². The van der Waals surface area contributed by atoms with Crippen LogP contribution in [-0.4, -0.2) is 50.0 Å². The standard InChI is InChI=1S/C14H22N2OS/c1-3-17-13-4-6-14(7-5-13)18-11-12-10-15-8-9-16(12)2/h4-7,12,15H,3,8-11H2,1-2H3. The molecule has 0 saturated carbocycles. The first kappa shape index (κ1) is 13.7. The van der Waals surface area contributed by atoms with Gasteiger partial charge >= 0.3 is 0 Å². The van der Waals surface area contributed by atoms with Gasteiger partial charge in [0, 0.05) is 36.3 Å². The Balaban J connectivity index is 1.82. The highest BCUT2D eigenvalue weighted by Crippen LogP contribution is 2.23. The second-order valence-electron chi connectivity index (χ2n) is 4.55. The highest BCUT2D eigenvalue weighted by molar-refractivity contribution is 7.99. The second kappa shape index (κ2) is 7.02. The Morgan fingerprint density at radius 1 is 1.39 bits per heavy atom. The number of piperazine rings is 1. The Morgan fingerprint density at radius 3 is 2.83 bits per heavy atom. The fourth-order valence-electron chi connectivity index (χ4n) is 2.04. The molecular weight excluding hydrogens is 244 g/mol. The molecule has 0 amide bonds. The summed E-state index contributed by atoms with van der Waals surface area (Å²) in [6.45, 7) is 6.09. The Labute approximate surface area is 114 Å². The van der Waals surface area contributed by atoms with Crippen LogP contribution in [0.4, 0.5) is 0 Å². The molecule has 1 aromatic carbocycles. The minimum absolute atomic E-state index is 0.635. The van der Waals surface area contributed by atoms with Crippen molar-refractivity contribution in [3.8, 4) is 5.75 Å². The van der Waals surface area contributed by atoms with Crippen molar-refractivity contribution < 1.29 is 4.74 Å². The first-order valence-electron chi connectivity index (χ1n) is 6.56. The summed E-state index contributed by atoms with van der Waals surface area (Å²) < 4.78 is 5.44. The van der Waals surface area contributed by atoms with E-state index in [2.05, 4.69) is 41.5 Å². The van der Waals surface area contributed by atoms with Crippen LogP contribution in [0.2, 0.25) is 0 Å². The molecule has 2 rings (SSSR count). The van der Waals surface area contributed by atoms with Gasteiger partial charge in [-0.2, -0.15) is 0 Å². The van der Waals surface area contributed by atoms with E-state index in [0.29, 0.717) is 6.04 Å². The smallest absolute Gasteiger partial charge is 0.119 e. The molecule has 1 aliphatic rings. The molecule has 1 fully saturated rings. The van der Waals surface area contributed by atoms with Crippen molar-refractivity contribution in [2.45, 2.75) is 17.9 Å². The number of thioether (sulfide) groups is 1. The summed E-state index contributed by atoms with van der Waals surface area (Å²) in [5.41, 5.74) is 0. The van der Waals surface area contributed by atoms with Gasteiger partial charge in [-0.15, -0.1) is 11.8 Å². The third-order valence-corrected chi connectivity index (χ3v) is 4.38. The lowest BCUT2D eigenvalue weighted by atomic mass is 10.2. The molecule has 1 atom stereocenters. The lowest BCUT2D eigenvalue weighted by Crippen LogP contribution is -2.50. The number of benzene rings is 1. The van der Waals surface area contributed by atoms with Gasteiger partial charge in [0.05, 0.1) is 6.61 Å². The molecule has 0 aromatic heterocycles. The van der Waals surface area contributed by atoms with Gasteiger partial charge in [-0.1, -0.05) is 0 Å². The summed E-state index contributed by atoms with van der Waals surface area (Å²) in [7, 11) is 2.21. The van der Waals surface area contributed by atoms with Crippen molar-refractivity contribution in [1.82, 2.24) is 10.2 Å². The van der Waals surface area contributed by atoms with Crippen LogP contribution in [0.5, 0.6) is 5.75 Å². The molecule has 100 valence electrons. The van der Waals surface area contributed by atoms with Crippen molar-refractivity contribution in [2.75, 3.05) is 39.0 Å². The van der Waals surface area contributed by atoms with E-state index in [4.69, 9.17) is 4.74 Å². The number of rotatable bonds is 5. The number of likely N-dealkylation sites (N-methyl/N-ethyl adjacent to an activating group) is 1. The Morgan fingerprint density at radius 2 is 2.17 bits per heavy atom. The number of ether oxygens (including phenoxy) is 1. The fourth-order valence-corrected chi connectivity index (χ4v) is 3.13. The highest BCUT2D eigenvalue weighted by Gasteiger charge is 2.18. The van der Waals surface area contributed by atoms with Crippen molar-refractivity contribution in [3.05, 3.63) is 24.3 Å². The van der Waals surface area contributed by atoms with E-state index in [1.807, 2.05) is 18.7 Å². The molecule has 0 spiro atoms. The molecule has 3 nitrogen and oxygen atoms in total. The SMILES string of the molecule is CCOc1ccc(SCC2CNCCN2C)cc1. The summed E-state index contributed by atoms with van der Waals surface area (Å²) in [6, 6.07) is 9.02. The minimum atomic E-state index is 0.635. The highest BCUT2D eigenvalue weighted by atomic mass is 32.2. The molecule has 1 N–H and O–H groups in total. The van der Waals surface area contributed by atoms with Gasteiger partial charge in [0.15, 0.2) is 0 Å². The molecule has 1 unspecified atom stereocenters. The lowest BCUT2D eigenvalue weighted by molar-refractivity contribution is 0.218. The first-order valence-corrected chi connectivity index (χ1v) is 7.54. The summed E-state index contributed by atoms with van der Waals surface area (Å²) >= 11 is 1.92. The van der Waals surface area contributed by atoms with Crippen LogP contribution in [0.1, 0.15) is 6.92 Å². The zero-order valence-electron chi connectivity index (χ0n) is 11.2. The average molecular weight is 266 g/mol. The molecule has 18 heavy (non-hydrogen) atoms. The van der Waals surface area contributed by atoms with Crippen molar-refractivity contribution in [3.63, 3.8) is 0 Å². The van der Waals surface area contributed by atoms with E-state index in [0.717, 1.165) is 37.7 Å². The number of nitrogens with one attached hydrogen (secondary N) is 1. The number of nitrogens with zero attached hydrogens (tertiary/aromatic N) is 1. The minimum Gasteiger partial charge on any atom is -0.494 e. The van der Waals surface area contributed by atoms with Crippen LogP contribution in [0.3, 0.4) is 0 Å². The third kappa shape index (κ3) is 3.90. The predicted molar refractivity (Wildman–Crippen MR) is 77.6 cm³/mol. The van der Waals surface area contributed by atoms with Gasteiger partial charge in [-0.05, 0) is 38.2 Å². The predicted octanol–water partition coefficient (Wildman–Crippen LogP) is 2.08. The van der Waals surface area contributed by atoms with Crippen molar-refractivity contribution in [1.29, 1.82) is 0 Å². The molecule has 4 heteroatoms. The van der Waals surface area contributed by atoms with E-state index < -0.39 is 0 Å². The molecule has 0 aliphatic carbocycles. The molecule has 1 aromatic rings. The van der Waals surface area contributed by atoms with Crippen molar-refractivity contribution in [2.24, 2.45) is 0 Å². The Bertz CT molecular complexity index is 355. The molecule has 0 radical (unpaired) electrons. The molecule has 0 bridgehead atoms. The quantitative estimate of drug-likeness (QED) is 0.825.